The minimum atomic E-state index is -0.724. The molecule has 1 heterocycles. The number of carbonyl (C=O) groups excluding carboxylic acids is 2. The Hall–Kier alpha value is -2.50. The molecule has 0 spiro atoms. The molecule has 5 heteroatoms. The fourth-order valence-electron chi connectivity index (χ4n) is 4.43. The summed E-state index contributed by atoms with van der Waals surface area (Å²) in [5.74, 6) is -0.729. The summed E-state index contributed by atoms with van der Waals surface area (Å²) in [6.45, 7) is 13.7. The topological polar surface area (TPSA) is 83.8 Å². The van der Waals surface area contributed by atoms with Gasteiger partial charge in [-0.2, -0.15) is 0 Å². The van der Waals surface area contributed by atoms with Crippen molar-refractivity contribution in [3.05, 3.63) is 71.4 Å². The third kappa shape index (κ3) is 12.0. The molecule has 5 nitrogen and oxygen atoms in total. The molecule has 0 unspecified atom stereocenters. The smallest absolute Gasteiger partial charge is 0.331 e. The van der Waals surface area contributed by atoms with Crippen LogP contribution >= 0.6 is 0 Å². The Kier molecular flexibility index (Phi) is 14.3. The number of hydrogen-bond acceptors (Lipinski definition) is 5. The van der Waals surface area contributed by atoms with Crippen LogP contribution in [0, 0.1) is 23.7 Å². The van der Waals surface area contributed by atoms with Gasteiger partial charge in [0, 0.05) is 24.3 Å². The van der Waals surface area contributed by atoms with Crippen LogP contribution in [0.4, 0.5) is 0 Å². The highest BCUT2D eigenvalue weighted by Gasteiger charge is 2.29. The number of hydrogen-bond donors (Lipinski definition) is 2. The summed E-state index contributed by atoms with van der Waals surface area (Å²) in [5, 5.41) is 19.7. The Morgan fingerprint density at radius 1 is 1.11 bits per heavy atom. The maximum Gasteiger partial charge on any atom is 0.331 e. The van der Waals surface area contributed by atoms with Gasteiger partial charge in [0.1, 0.15) is 11.9 Å². The quantitative estimate of drug-likeness (QED) is 0.173. The minimum absolute atomic E-state index is 0.0134. The molecule has 6 atom stereocenters. The first-order valence-corrected chi connectivity index (χ1v) is 13.0. The summed E-state index contributed by atoms with van der Waals surface area (Å²) in [6, 6.07) is 0. The first kappa shape index (κ1) is 31.5. The molecule has 0 radical (unpaired) electrons. The van der Waals surface area contributed by atoms with E-state index in [9.17, 15) is 14.7 Å². The normalized spacial score (nSPS) is 22.0. The number of carbonyl (C=O) groups is 2. The van der Waals surface area contributed by atoms with Gasteiger partial charge < -0.3 is 14.9 Å². The maximum absolute atomic E-state index is 12.9. The molecule has 0 saturated heterocycles. The first-order chi connectivity index (χ1) is 16.9. The fourth-order valence-corrected chi connectivity index (χ4v) is 4.43. The highest BCUT2D eigenvalue weighted by atomic mass is 16.5. The molecule has 1 aliphatic rings. The number of ether oxygens (including phenoxy) is 1. The highest BCUT2D eigenvalue weighted by molar-refractivity contribution is 5.85. The van der Waals surface area contributed by atoms with Gasteiger partial charge >= 0.3 is 5.97 Å². The molecular weight excluding hydrogens is 452 g/mol. The van der Waals surface area contributed by atoms with E-state index in [1.54, 1.807) is 13.0 Å². The van der Waals surface area contributed by atoms with Crippen molar-refractivity contribution in [2.24, 2.45) is 23.7 Å². The Morgan fingerprint density at radius 2 is 1.78 bits per heavy atom. The molecule has 2 N–H and O–H groups in total. The summed E-state index contributed by atoms with van der Waals surface area (Å²) in [5.41, 5.74) is 3.16. The summed E-state index contributed by atoms with van der Waals surface area (Å²) in [6.07, 6.45) is 18.6. The molecule has 0 aromatic heterocycles. The minimum Gasteiger partial charge on any atom is -0.455 e. The Labute approximate surface area is 218 Å². The van der Waals surface area contributed by atoms with Crippen molar-refractivity contribution >= 4 is 11.8 Å². The molecule has 1 aliphatic heterocycles. The van der Waals surface area contributed by atoms with E-state index in [0.717, 1.165) is 23.1 Å². The molecule has 0 aromatic rings. The lowest BCUT2D eigenvalue weighted by Crippen LogP contribution is -2.34. The summed E-state index contributed by atoms with van der Waals surface area (Å²) < 4.78 is 5.24. The average molecular weight is 499 g/mol. The molecule has 36 heavy (non-hydrogen) atoms. The van der Waals surface area contributed by atoms with Gasteiger partial charge in [0.05, 0.1) is 12.7 Å². The summed E-state index contributed by atoms with van der Waals surface area (Å²) in [4.78, 5) is 24.2. The standard InChI is InChI=1S/C31H46O5/c1-21(18-23(3)14-15-28-12-9-13-29(33)36-28)10-8-11-22(2)19-25(5)30(34)27(7)31(35)26(6)20-24(4)16-17-32/h8-9,11,13-16,18-19,21,25-28,31-32,35H,10,12,17,20H2,1-7H3/t21-,25-,26+,27-,28-,31-/m1/s1. The first-order valence-electron chi connectivity index (χ1n) is 13.0. The van der Waals surface area contributed by atoms with E-state index in [4.69, 9.17) is 9.84 Å². The zero-order chi connectivity index (χ0) is 27.3. The monoisotopic (exact) mass is 498 g/mol. The molecule has 0 amide bonds. The Morgan fingerprint density at radius 3 is 2.42 bits per heavy atom. The number of ketones is 1. The summed E-state index contributed by atoms with van der Waals surface area (Å²) >= 11 is 0. The van der Waals surface area contributed by atoms with Crippen LogP contribution in [0.2, 0.25) is 0 Å². The fraction of sp³-hybridized carbons (Fsp3) is 0.548. The number of allylic oxidation sites excluding steroid dienone is 8. The van der Waals surface area contributed by atoms with Crippen LogP contribution in [-0.4, -0.2) is 40.8 Å². The molecular formula is C31H46O5. The van der Waals surface area contributed by atoms with Crippen LogP contribution in [0.25, 0.3) is 0 Å². The summed E-state index contributed by atoms with van der Waals surface area (Å²) in [7, 11) is 0. The zero-order valence-electron chi connectivity index (χ0n) is 23.1. The number of aliphatic hydroxyl groups excluding tert-OH is 2. The van der Waals surface area contributed by atoms with E-state index in [-0.39, 0.29) is 36.3 Å². The van der Waals surface area contributed by atoms with E-state index in [1.807, 2.05) is 65.0 Å². The van der Waals surface area contributed by atoms with Gasteiger partial charge in [0.2, 0.25) is 0 Å². The van der Waals surface area contributed by atoms with Crippen molar-refractivity contribution in [3.63, 3.8) is 0 Å². The van der Waals surface area contributed by atoms with Crippen LogP contribution < -0.4 is 0 Å². The third-order valence-electron chi connectivity index (χ3n) is 6.49. The van der Waals surface area contributed by atoms with Gasteiger partial charge in [-0.1, -0.05) is 86.9 Å². The Bertz CT molecular complexity index is 902. The van der Waals surface area contributed by atoms with Gasteiger partial charge in [-0.15, -0.1) is 0 Å². The number of Topliss-reactive ketones (excluding diaryl/α,β-unsaturated/α-hetero) is 1. The molecule has 0 aliphatic carbocycles. The number of cyclic esters (lactones) is 1. The molecule has 0 bridgehead atoms. The number of esters is 1. The van der Waals surface area contributed by atoms with Gasteiger partial charge in [0.15, 0.2) is 0 Å². The number of rotatable bonds is 14. The van der Waals surface area contributed by atoms with E-state index >= 15 is 0 Å². The molecule has 0 aromatic carbocycles. The van der Waals surface area contributed by atoms with E-state index < -0.39 is 12.0 Å². The molecule has 1 rings (SSSR count). The largest absolute Gasteiger partial charge is 0.455 e. The van der Waals surface area contributed by atoms with Gasteiger partial charge in [-0.3, -0.25) is 4.79 Å². The molecule has 0 fully saturated rings. The van der Waals surface area contributed by atoms with Gasteiger partial charge in [-0.05, 0) is 51.5 Å². The van der Waals surface area contributed by atoms with Crippen LogP contribution in [0.1, 0.15) is 67.7 Å². The van der Waals surface area contributed by atoms with Crippen LogP contribution in [0.3, 0.4) is 0 Å². The Balaban J connectivity index is 2.59. The van der Waals surface area contributed by atoms with E-state index in [0.29, 0.717) is 18.8 Å². The predicted molar refractivity (Wildman–Crippen MR) is 147 cm³/mol. The van der Waals surface area contributed by atoms with Crippen molar-refractivity contribution in [2.75, 3.05) is 6.61 Å². The lowest BCUT2D eigenvalue weighted by molar-refractivity contribution is -0.141. The second kappa shape index (κ2) is 16.3. The second-order valence-corrected chi connectivity index (χ2v) is 10.3. The van der Waals surface area contributed by atoms with Crippen LogP contribution in [0.5, 0.6) is 0 Å². The van der Waals surface area contributed by atoms with Crippen LogP contribution in [0.15, 0.2) is 71.4 Å². The molecule has 0 saturated carbocycles. The van der Waals surface area contributed by atoms with Gasteiger partial charge in [0.25, 0.3) is 0 Å². The lowest BCUT2D eigenvalue weighted by Gasteiger charge is -2.25. The molecule has 200 valence electrons. The zero-order valence-corrected chi connectivity index (χ0v) is 23.1. The highest BCUT2D eigenvalue weighted by Crippen LogP contribution is 2.24. The lowest BCUT2D eigenvalue weighted by atomic mass is 9.83. The van der Waals surface area contributed by atoms with Crippen molar-refractivity contribution in [1.82, 2.24) is 0 Å². The van der Waals surface area contributed by atoms with Crippen molar-refractivity contribution in [2.45, 2.75) is 79.9 Å². The van der Waals surface area contributed by atoms with Crippen molar-refractivity contribution < 1.29 is 24.5 Å². The van der Waals surface area contributed by atoms with Gasteiger partial charge in [-0.25, -0.2) is 4.79 Å². The average Bonchev–Trinajstić information content (AvgIpc) is 2.81. The number of aliphatic hydroxyl groups is 2. The van der Waals surface area contributed by atoms with Crippen molar-refractivity contribution in [1.29, 1.82) is 0 Å². The third-order valence-corrected chi connectivity index (χ3v) is 6.49. The SMILES string of the molecule is CC(C=CC[C@@H](C)C=C(C)C=C[C@H]1CC=CC(=O)O1)=C[C@@H](C)C(=O)[C@@H](C)[C@H](O)[C@@H](C)CC(C)=CCO. The second-order valence-electron chi connectivity index (χ2n) is 10.3. The van der Waals surface area contributed by atoms with Crippen molar-refractivity contribution in [3.8, 4) is 0 Å². The van der Waals surface area contributed by atoms with E-state index in [1.165, 1.54) is 6.08 Å². The maximum atomic E-state index is 12.9. The van der Waals surface area contributed by atoms with E-state index in [2.05, 4.69) is 19.1 Å². The van der Waals surface area contributed by atoms with Crippen LogP contribution in [-0.2, 0) is 14.3 Å². The predicted octanol–water partition coefficient (Wildman–Crippen LogP) is 6.06.